The highest BCUT2D eigenvalue weighted by Crippen LogP contribution is 2.01. The van der Waals surface area contributed by atoms with Gasteiger partial charge in [0.15, 0.2) is 0 Å². The molecule has 1 heterocycles. The van der Waals surface area contributed by atoms with Crippen molar-refractivity contribution in [1.29, 1.82) is 0 Å². The monoisotopic (exact) mass is 185 g/mol. The van der Waals surface area contributed by atoms with E-state index in [0.29, 0.717) is 17.4 Å². The fourth-order valence-corrected chi connectivity index (χ4v) is 0.845. The molecule has 0 unspecified atom stereocenters. The summed E-state index contributed by atoms with van der Waals surface area (Å²) < 4.78 is 0. The van der Waals surface area contributed by atoms with E-state index in [1.165, 1.54) is 13.1 Å². The van der Waals surface area contributed by atoms with Crippen LogP contribution in [-0.2, 0) is 11.3 Å². The Hall–Kier alpha value is -1.16. The lowest BCUT2D eigenvalue weighted by atomic mass is 10.4. The molecule has 1 N–H and O–H groups in total. The average Bonchev–Trinajstić information content (AvgIpc) is 2.01. The standard InChI is InChI=1S/C7H8ClN3O/c1-5(12)10-3-6-2-9-4-7(8)11-6/h2,4H,3H2,1H3,(H,10,12). The predicted octanol–water partition coefficient (Wildman–Crippen LogP) is 0.766. The fraction of sp³-hybridized carbons (Fsp3) is 0.286. The molecule has 0 spiro atoms. The number of rotatable bonds is 2. The molecule has 0 bridgehead atoms. The molecule has 0 atom stereocenters. The van der Waals surface area contributed by atoms with Gasteiger partial charge in [0.05, 0.1) is 24.6 Å². The van der Waals surface area contributed by atoms with E-state index in [4.69, 9.17) is 11.6 Å². The van der Waals surface area contributed by atoms with Gasteiger partial charge in [0.25, 0.3) is 0 Å². The lowest BCUT2D eigenvalue weighted by molar-refractivity contribution is -0.119. The maximum atomic E-state index is 10.5. The molecule has 0 saturated heterocycles. The second kappa shape index (κ2) is 4.01. The van der Waals surface area contributed by atoms with Crippen LogP contribution in [0.3, 0.4) is 0 Å². The van der Waals surface area contributed by atoms with Crippen LogP contribution in [0.4, 0.5) is 0 Å². The number of carbonyl (C=O) groups excluding carboxylic acids is 1. The number of aromatic nitrogens is 2. The zero-order valence-corrected chi connectivity index (χ0v) is 7.30. The lowest BCUT2D eigenvalue weighted by Gasteiger charge is -2.00. The van der Waals surface area contributed by atoms with E-state index in [2.05, 4.69) is 15.3 Å². The summed E-state index contributed by atoms with van der Waals surface area (Å²) in [6.45, 7) is 1.81. The lowest BCUT2D eigenvalue weighted by Crippen LogP contribution is -2.19. The molecule has 0 aliphatic heterocycles. The van der Waals surface area contributed by atoms with Crippen LogP contribution in [0.25, 0.3) is 0 Å². The van der Waals surface area contributed by atoms with Gasteiger partial charge in [-0.05, 0) is 0 Å². The largest absolute Gasteiger partial charge is 0.351 e. The van der Waals surface area contributed by atoms with Gasteiger partial charge >= 0.3 is 0 Å². The van der Waals surface area contributed by atoms with E-state index in [1.54, 1.807) is 6.20 Å². The maximum Gasteiger partial charge on any atom is 0.217 e. The van der Waals surface area contributed by atoms with Crippen molar-refractivity contribution in [2.75, 3.05) is 0 Å². The first kappa shape index (κ1) is 8.93. The smallest absolute Gasteiger partial charge is 0.217 e. The van der Waals surface area contributed by atoms with Gasteiger partial charge in [0, 0.05) is 6.92 Å². The SMILES string of the molecule is CC(=O)NCc1cncc(Cl)n1. The third-order valence-electron chi connectivity index (χ3n) is 1.17. The first-order chi connectivity index (χ1) is 5.68. The molecule has 0 saturated carbocycles. The molecule has 0 fully saturated rings. The van der Waals surface area contributed by atoms with Crippen LogP contribution in [0.15, 0.2) is 12.4 Å². The van der Waals surface area contributed by atoms with Crippen LogP contribution in [0.2, 0.25) is 5.15 Å². The summed E-state index contributed by atoms with van der Waals surface area (Å²) in [6.07, 6.45) is 3.00. The molecule has 12 heavy (non-hydrogen) atoms. The van der Waals surface area contributed by atoms with Crippen LogP contribution in [0, 0.1) is 0 Å². The zero-order chi connectivity index (χ0) is 8.97. The van der Waals surface area contributed by atoms with Gasteiger partial charge in [-0.15, -0.1) is 0 Å². The number of hydrogen-bond donors (Lipinski definition) is 1. The fourth-order valence-electron chi connectivity index (χ4n) is 0.680. The summed E-state index contributed by atoms with van der Waals surface area (Å²) in [7, 11) is 0. The molecule has 1 aromatic rings. The Morgan fingerprint density at radius 2 is 2.42 bits per heavy atom. The number of amides is 1. The van der Waals surface area contributed by atoms with Crippen molar-refractivity contribution in [3.8, 4) is 0 Å². The Labute approximate surface area is 75.0 Å². The summed E-state index contributed by atoms with van der Waals surface area (Å²) in [5.41, 5.74) is 0.651. The van der Waals surface area contributed by atoms with Crippen LogP contribution < -0.4 is 5.32 Å². The average molecular weight is 186 g/mol. The summed E-state index contributed by atoms with van der Waals surface area (Å²) in [5, 5.41) is 2.92. The summed E-state index contributed by atoms with van der Waals surface area (Å²) >= 11 is 5.57. The number of carbonyl (C=O) groups is 1. The molecule has 0 aromatic carbocycles. The van der Waals surface area contributed by atoms with Crippen molar-refractivity contribution in [2.45, 2.75) is 13.5 Å². The molecular formula is C7H8ClN3O. The van der Waals surface area contributed by atoms with Crippen molar-refractivity contribution in [2.24, 2.45) is 0 Å². The highest BCUT2D eigenvalue weighted by atomic mass is 35.5. The molecule has 1 rings (SSSR count). The Morgan fingerprint density at radius 3 is 3.00 bits per heavy atom. The Morgan fingerprint density at radius 1 is 1.67 bits per heavy atom. The van der Waals surface area contributed by atoms with Crippen molar-refractivity contribution < 1.29 is 4.79 Å². The topological polar surface area (TPSA) is 54.9 Å². The van der Waals surface area contributed by atoms with E-state index in [0.717, 1.165) is 0 Å². The summed E-state index contributed by atoms with van der Waals surface area (Å²) in [4.78, 5) is 18.3. The molecule has 1 amide bonds. The van der Waals surface area contributed by atoms with Crippen molar-refractivity contribution >= 4 is 17.5 Å². The van der Waals surface area contributed by atoms with Crippen molar-refractivity contribution in [3.05, 3.63) is 23.2 Å². The maximum absolute atomic E-state index is 10.5. The third kappa shape index (κ3) is 2.84. The number of nitrogens with zero attached hydrogens (tertiary/aromatic N) is 2. The van der Waals surface area contributed by atoms with Crippen LogP contribution in [0.5, 0.6) is 0 Å². The van der Waals surface area contributed by atoms with Gasteiger partial charge in [-0.2, -0.15) is 0 Å². The number of nitrogens with one attached hydrogen (secondary N) is 1. The van der Waals surface area contributed by atoms with Crippen LogP contribution >= 0.6 is 11.6 Å². The first-order valence-corrected chi connectivity index (χ1v) is 3.77. The minimum Gasteiger partial charge on any atom is -0.351 e. The van der Waals surface area contributed by atoms with Crippen molar-refractivity contribution in [3.63, 3.8) is 0 Å². The molecule has 1 aromatic heterocycles. The first-order valence-electron chi connectivity index (χ1n) is 3.39. The molecule has 0 aliphatic rings. The van der Waals surface area contributed by atoms with Gasteiger partial charge < -0.3 is 5.32 Å². The molecule has 0 radical (unpaired) electrons. The van der Waals surface area contributed by atoms with Crippen LogP contribution in [-0.4, -0.2) is 15.9 Å². The van der Waals surface area contributed by atoms with E-state index in [1.807, 2.05) is 0 Å². The van der Waals surface area contributed by atoms with E-state index in [9.17, 15) is 4.79 Å². The van der Waals surface area contributed by atoms with E-state index in [-0.39, 0.29) is 5.91 Å². The van der Waals surface area contributed by atoms with Gasteiger partial charge in [0.2, 0.25) is 5.91 Å². The highest BCUT2D eigenvalue weighted by Gasteiger charge is 1.96. The minimum atomic E-state index is -0.100. The van der Waals surface area contributed by atoms with E-state index < -0.39 is 0 Å². The molecular weight excluding hydrogens is 178 g/mol. The molecule has 64 valence electrons. The van der Waals surface area contributed by atoms with E-state index >= 15 is 0 Å². The Bertz CT molecular complexity index is 290. The van der Waals surface area contributed by atoms with Gasteiger partial charge in [-0.3, -0.25) is 9.78 Å². The molecule has 0 aliphatic carbocycles. The number of hydrogen-bond acceptors (Lipinski definition) is 3. The molecule has 5 heteroatoms. The Balaban J connectivity index is 2.57. The normalized spacial score (nSPS) is 9.50. The van der Waals surface area contributed by atoms with Gasteiger partial charge in [-0.1, -0.05) is 11.6 Å². The second-order valence-corrected chi connectivity index (χ2v) is 2.63. The van der Waals surface area contributed by atoms with Gasteiger partial charge in [-0.25, -0.2) is 4.98 Å². The summed E-state index contributed by atoms with van der Waals surface area (Å²) in [5.74, 6) is -0.100. The quantitative estimate of drug-likeness (QED) is 0.741. The zero-order valence-electron chi connectivity index (χ0n) is 6.54. The minimum absolute atomic E-state index is 0.100. The highest BCUT2D eigenvalue weighted by molar-refractivity contribution is 6.29. The summed E-state index contributed by atoms with van der Waals surface area (Å²) in [6, 6.07) is 0. The van der Waals surface area contributed by atoms with Crippen LogP contribution in [0.1, 0.15) is 12.6 Å². The third-order valence-corrected chi connectivity index (χ3v) is 1.36. The Kier molecular flexibility index (Phi) is 2.99. The van der Waals surface area contributed by atoms with Crippen molar-refractivity contribution in [1.82, 2.24) is 15.3 Å². The second-order valence-electron chi connectivity index (χ2n) is 2.24. The predicted molar refractivity (Wildman–Crippen MR) is 44.6 cm³/mol. The molecule has 4 nitrogen and oxygen atoms in total. The van der Waals surface area contributed by atoms with Gasteiger partial charge in [0.1, 0.15) is 5.15 Å². The number of halogens is 1.